The second-order valence-electron chi connectivity index (χ2n) is 6.92. The Bertz CT molecular complexity index is 1180. The van der Waals surface area contributed by atoms with Crippen molar-refractivity contribution in [1.29, 1.82) is 5.26 Å². The van der Waals surface area contributed by atoms with E-state index in [0.29, 0.717) is 5.56 Å². The zero-order valence-electron chi connectivity index (χ0n) is 16.2. The Balaban J connectivity index is 1.79. The highest BCUT2D eigenvalue weighted by molar-refractivity contribution is 8.05. The van der Waals surface area contributed by atoms with Crippen molar-refractivity contribution < 1.29 is 4.79 Å². The van der Waals surface area contributed by atoms with Crippen LogP contribution in [0.25, 0.3) is 10.8 Å². The number of thioether (sulfide) groups is 1. The molecule has 0 radical (unpaired) electrons. The van der Waals surface area contributed by atoms with Gasteiger partial charge in [-0.25, -0.2) is 0 Å². The van der Waals surface area contributed by atoms with E-state index < -0.39 is 5.25 Å². The van der Waals surface area contributed by atoms with Crippen LogP contribution in [0.15, 0.2) is 103 Å². The first-order chi connectivity index (χ1) is 14.8. The molecule has 0 spiro atoms. The van der Waals surface area contributed by atoms with Crippen molar-refractivity contribution in [2.24, 2.45) is 0 Å². The Hall–Kier alpha value is -3.55. The summed E-state index contributed by atoms with van der Waals surface area (Å²) in [6, 6.07) is 32.8. The van der Waals surface area contributed by atoms with Crippen LogP contribution in [-0.2, 0) is 0 Å². The molecule has 1 N–H and O–H groups in total. The van der Waals surface area contributed by atoms with E-state index in [0.717, 1.165) is 33.8 Å². The molecule has 0 aromatic heterocycles. The van der Waals surface area contributed by atoms with Gasteiger partial charge >= 0.3 is 0 Å². The van der Waals surface area contributed by atoms with E-state index in [1.165, 1.54) is 0 Å². The SMILES string of the molecule is N#CS[C@H](C(=O)c1cccc2ccccc12)[C@H](Nc1ccccc1)c1ccccc1. The van der Waals surface area contributed by atoms with Crippen molar-refractivity contribution >= 4 is 34.0 Å². The third-order valence-corrected chi connectivity index (χ3v) is 5.90. The number of nitrogens with one attached hydrogen (secondary N) is 1. The molecule has 4 heteroatoms. The van der Waals surface area contributed by atoms with Crippen LogP contribution in [0, 0.1) is 10.7 Å². The quantitative estimate of drug-likeness (QED) is 0.282. The number of anilines is 1. The number of carbonyl (C=O) groups excluding carboxylic acids is 1. The Morgan fingerprint density at radius 3 is 2.17 bits per heavy atom. The van der Waals surface area contributed by atoms with Gasteiger partial charge in [-0.05, 0) is 40.2 Å². The second-order valence-corrected chi connectivity index (χ2v) is 7.85. The van der Waals surface area contributed by atoms with Crippen LogP contribution in [0.2, 0.25) is 0 Å². The van der Waals surface area contributed by atoms with Crippen LogP contribution in [0.4, 0.5) is 5.69 Å². The molecule has 4 rings (SSSR count). The number of fused-ring (bicyclic) bond motifs is 1. The number of hydrogen-bond donors (Lipinski definition) is 1. The fourth-order valence-corrected chi connectivity index (χ4v) is 4.34. The van der Waals surface area contributed by atoms with Gasteiger partial charge in [-0.1, -0.05) is 91.0 Å². The monoisotopic (exact) mass is 408 g/mol. The summed E-state index contributed by atoms with van der Waals surface area (Å²) < 4.78 is 0. The Morgan fingerprint density at radius 2 is 1.43 bits per heavy atom. The number of para-hydroxylation sites is 1. The minimum absolute atomic E-state index is 0.0596. The van der Waals surface area contributed by atoms with Crippen LogP contribution in [0.3, 0.4) is 0 Å². The number of ketones is 1. The fourth-order valence-electron chi connectivity index (χ4n) is 3.63. The van der Waals surface area contributed by atoms with Crippen molar-refractivity contribution in [3.63, 3.8) is 0 Å². The Kier molecular flexibility index (Phi) is 6.12. The minimum atomic E-state index is -0.608. The standard InChI is InChI=1S/C26H20N2OS/c27-18-30-26(25(29)23-17-9-13-19-10-7-8-16-22(19)23)24(20-11-3-1-4-12-20)28-21-14-5-2-6-15-21/h1-17,24,26,28H/t24-,26+/m1/s1. The fraction of sp³-hybridized carbons (Fsp3) is 0.0769. The summed E-state index contributed by atoms with van der Waals surface area (Å²) in [5.74, 6) is -0.0596. The molecule has 0 fully saturated rings. The molecule has 0 amide bonds. The number of Topliss-reactive ketones (excluding diaryl/α,β-unsaturated/α-hetero) is 1. The Labute approximate surface area is 180 Å². The lowest BCUT2D eigenvalue weighted by Gasteiger charge is -2.27. The average Bonchev–Trinajstić information content (AvgIpc) is 2.82. The normalized spacial score (nSPS) is 12.6. The summed E-state index contributed by atoms with van der Waals surface area (Å²) in [7, 11) is 0. The molecule has 30 heavy (non-hydrogen) atoms. The third-order valence-electron chi connectivity index (χ3n) is 5.05. The van der Waals surface area contributed by atoms with E-state index in [-0.39, 0.29) is 11.8 Å². The molecule has 3 nitrogen and oxygen atoms in total. The van der Waals surface area contributed by atoms with Gasteiger partial charge in [0, 0.05) is 11.3 Å². The van der Waals surface area contributed by atoms with Gasteiger partial charge in [0.25, 0.3) is 0 Å². The maximum atomic E-state index is 13.7. The zero-order valence-corrected chi connectivity index (χ0v) is 17.0. The maximum absolute atomic E-state index is 13.7. The molecule has 0 bridgehead atoms. The molecule has 0 heterocycles. The molecule has 0 unspecified atom stereocenters. The lowest BCUT2D eigenvalue weighted by Crippen LogP contribution is -2.30. The molecule has 0 saturated carbocycles. The molecule has 2 atom stereocenters. The summed E-state index contributed by atoms with van der Waals surface area (Å²) in [6.07, 6.45) is 0. The first kappa shape index (κ1) is 19.8. The molecular weight excluding hydrogens is 388 g/mol. The Morgan fingerprint density at radius 1 is 0.800 bits per heavy atom. The number of rotatable bonds is 7. The molecule has 4 aromatic carbocycles. The van der Waals surface area contributed by atoms with Gasteiger partial charge in [-0.3, -0.25) is 4.79 Å². The highest BCUT2D eigenvalue weighted by Crippen LogP contribution is 2.34. The van der Waals surface area contributed by atoms with Gasteiger partial charge in [-0.15, -0.1) is 0 Å². The molecule has 0 aliphatic rings. The van der Waals surface area contributed by atoms with E-state index in [1.54, 1.807) is 0 Å². The van der Waals surface area contributed by atoms with Gasteiger partial charge in [0.2, 0.25) is 0 Å². The van der Waals surface area contributed by atoms with Crippen LogP contribution in [0.1, 0.15) is 22.0 Å². The van der Waals surface area contributed by atoms with Crippen molar-refractivity contribution in [1.82, 2.24) is 0 Å². The van der Waals surface area contributed by atoms with Crippen molar-refractivity contribution in [3.8, 4) is 5.40 Å². The van der Waals surface area contributed by atoms with Crippen LogP contribution >= 0.6 is 11.8 Å². The van der Waals surface area contributed by atoms with Gasteiger partial charge in [0.05, 0.1) is 6.04 Å². The summed E-state index contributed by atoms with van der Waals surface area (Å²) >= 11 is 1.00. The summed E-state index contributed by atoms with van der Waals surface area (Å²) in [6.45, 7) is 0. The second kappa shape index (κ2) is 9.30. The van der Waals surface area contributed by atoms with Gasteiger partial charge < -0.3 is 5.32 Å². The summed E-state index contributed by atoms with van der Waals surface area (Å²) in [5, 5.41) is 16.5. The van der Waals surface area contributed by atoms with E-state index in [2.05, 4.69) is 10.7 Å². The largest absolute Gasteiger partial charge is 0.377 e. The number of nitriles is 1. The number of benzene rings is 4. The lowest BCUT2D eigenvalue weighted by atomic mass is 9.94. The molecule has 0 aliphatic heterocycles. The van der Waals surface area contributed by atoms with E-state index in [9.17, 15) is 10.1 Å². The van der Waals surface area contributed by atoms with E-state index >= 15 is 0 Å². The minimum Gasteiger partial charge on any atom is -0.377 e. The van der Waals surface area contributed by atoms with Crippen LogP contribution in [-0.4, -0.2) is 11.0 Å². The molecule has 0 saturated heterocycles. The number of thiocyanates is 1. The van der Waals surface area contributed by atoms with Crippen molar-refractivity contribution in [2.75, 3.05) is 5.32 Å². The first-order valence-corrected chi connectivity index (χ1v) is 10.6. The molecule has 0 aliphatic carbocycles. The predicted octanol–water partition coefficient (Wildman–Crippen LogP) is 6.46. The smallest absolute Gasteiger partial charge is 0.179 e. The lowest BCUT2D eigenvalue weighted by molar-refractivity contribution is 0.0985. The molecule has 4 aromatic rings. The predicted molar refractivity (Wildman–Crippen MR) is 125 cm³/mol. The summed E-state index contributed by atoms with van der Waals surface area (Å²) in [4.78, 5) is 13.7. The number of hydrogen-bond acceptors (Lipinski definition) is 4. The van der Waals surface area contributed by atoms with Gasteiger partial charge in [0.15, 0.2) is 5.78 Å². The molecular formula is C26H20N2OS. The van der Waals surface area contributed by atoms with Crippen molar-refractivity contribution in [2.45, 2.75) is 11.3 Å². The highest BCUT2D eigenvalue weighted by atomic mass is 32.2. The highest BCUT2D eigenvalue weighted by Gasteiger charge is 2.32. The first-order valence-electron chi connectivity index (χ1n) is 9.71. The summed E-state index contributed by atoms with van der Waals surface area (Å²) in [5.41, 5.74) is 2.50. The van der Waals surface area contributed by atoms with Gasteiger partial charge in [0.1, 0.15) is 10.7 Å². The zero-order chi connectivity index (χ0) is 20.8. The number of nitrogens with zero attached hydrogens (tertiary/aromatic N) is 1. The average molecular weight is 409 g/mol. The van der Waals surface area contributed by atoms with Crippen LogP contribution < -0.4 is 5.32 Å². The maximum Gasteiger partial charge on any atom is 0.179 e. The van der Waals surface area contributed by atoms with Gasteiger partial charge in [-0.2, -0.15) is 5.26 Å². The number of carbonyl (C=O) groups is 1. The topological polar surface area (TPSA) is 52.9 Å². The van der Waals surface area contributed by atoms with Crippen molar-refractivity contribution in [3.05, 3.63) is 114 Å². The molecule has 146 valence electrons. The van der Waals surface area contributed by atoms with Crippen LogP contribution in [0.5, 0.6) is 0 Å². The van der Waals surface area contributed by atoms with E-state index in [1.807, 2.05) is 103 Å². The third kappa shape index (κ3) is 4.22. The van der Waals surface area contributed by atoms with E-state index in [4.69, 9.17) is 0 Å².